The number of halogens is 1. The van der Waals surface area contributed by atoms with Crippen molar-refractivity contribution in [2.75, 3.05) is 11.1 Å². The normalized spacial score (nSPS) is 11.7. The quantitative estimate of drug-likeness (QED) is 0.682. The lowest BCUT2D eigenvalue weighted by Gasteiger charge is -2.17. The average Bonchev–Trinajstić information content (AvgIpc) is 2.65. The zero-order valence-electron chi connectivity index (χ0n) is 14.9. The SMILES string of the molecule is Cc1cncc(C(=O)Nc2cccc(C(C)Oc3cc(Cl)cnc3N)c2)c1. The third-order valence-corrected chi connectivity index (χ3v) is 4.11. The minimum Gasteiger partial charge on any atom is -0.482 e. The summed E-state index contributed by atoms with van der Waals surface area (Å²) in [6, 6.07) is 10.8. The van der Waals surface area contributed by atoms with E-state index in [0.29, 0.717) is 22.0 Å². The highest BCUT2D eigenvalue weighted by Gasteiger charge is 2.13. The number of amides is 1. The Balaban J connectivity index is 1.74. The number of nitrogens with zero attached hydrogens (tertiary/aromatic N) is 2. The van der Waals surface area contributed by atoms with Crippen LogP contribution in [0.15, 0.2) is 55.0 Å². The van der Waals surface area contributed by atoms with E-state index in [4.69, 9.17) is 22.1 Å². The summed E-state index contributed by atoms with van der Waals surface area (Å²) >= 11 is 5.95. The predicted octanol–water partition coefficient (Wildman–Crippen LogP) is 4.41. The fraction of sp³-hybridized carbons (Fsp3) is 0.150. The Morgan fingerprint density at radius 2 is 2.04 bits per heavy atom. The minimum atomic E-state index is -0.315. The first-order chi connectivity index (χ1) is 12.9. The number of benzene rings is 1. The van der Waals surface area contributed by atoms with E-state index >= 15 is 0 Å². The van der Waals surface area contributed by atoms with Crippen LogP contribution in [0, 0.1) is 6.92 Å². The molecule has 1 amide bonds. The van der Waals surface area contributed by atoms with E-state index in [1.165, 1.54) is 12.4 Å². The fourth-order valence-electron chi connectivity index (χ4n) is 2.54. The van der Waals surface area contributed by atoms with E-state index in [1.54, 1.807) is 18.3 Å². The van der Waals surface area contributed by atoms with Crippen LogP contribution in [0.5, 0.6) is 5.75 Å². The second-order valence-electron chi connectivity index (χ2n) is 6.13. The summed E-state index contributed by atoms with van der Waals surface area (Å²) in [4.78, 5) is 20.4. The van der Waals surface area contributed by atoms with Crippen molar-refractivity contribution in [1.29, 1.82) is 0 Å². The Morgan fingerprint density at radius 1 is 1.22 bits per heavy atom. The Kier molecular flexibility index (Phi) is 5.57. The monoisotopic (exact) mass is 382 g/mol. The van der Waals surface area contributed by atoms with Crippen molar-refractivity contribution in [3.8, 4) is 5.75 Å². The van der Waals surface area contributed by atoms with Crippen molar-refractivity contribution >= 4 is 29.0 Å². The average molecular weight is 383 g/mol. The number of aryl methyl sites for hydroxylation is 1. The van der Waals surface area contributed by atoms with Gasteiger partial charge in [-0.3, -0.25) is 9.78 Å². The maximum Gasteiger partial charge on any atom is 0.257 e. The van der Waals surface area contributed by atoms with Crippen LogP contribution in [0.2, 0.25) is 5.02 Å². The first kappa shape index (κ1) is 18.7. The number of nitrogens with one attached hydrogen (secondary N) is 1. The molecule has 0 saturated heterocycles. The minimum absolute atomic E-state index is 0.222. The molecule has 0 radical (unpaired) electrons. The largest absolute Gasteiger partial charge is 0.482 e. The maximum absolute atomic E-state index is 12.4. The number of rotatable bonds is 5. The number of anilines is 2. The van der Waals surface area contributed by atoms with Crippen LogP contribution in [0.1, 0.15) is 34.5 Å². The molecule has 0 spiro atoms. The van der Waals surface area contributed by atoms with Gasteiger partial charge in [-0.1, -0.05) is 23.7 Å². The van der Waals surface area contributed by atoms with E-state index in [2.05, 4.69) is 15.3 Å². The van der Waals surface area contributed by atoms with Gasteiger partial charge in [-0.2, -0.15) is 0 Å². The second kappa shape index (κ2) is 8.05. The van der Waals surface area contributed by atoms with Crippen LogP contribution < -0.4 is 15.8 Å². The Bertz CT molecular complexity index is 978. The second-order valence-corrected chi connectivity index (χ2v) is 6.56. The molecule has 1 atom stereocenters. The van der Waals surface area contributed by atoms with Gasteiger partial charge in [0.15, 0.2) is 11.6 Å². The number of hydrogen-bond donors (Lipinski definition) is 2. The molecule has 0 aliphatic rings. The number of carbonyl (C=O) groups excluding carboxylic acids is 1. The first-order valence-corrected chi connectivity index (χ1v) is 8.71. The number of carbonyl (C=O) groups is 1. The van der Waals surface area contributed by atoms with E-state index in [1.807, 2.05) is 38.1 Å². The summed E-state index contributed by atoms with van der Waals surface area (Å²) in [7, 11) is 0. The third kappa shape index (κ3) is 4.74. The van der Waals surface area contributed by atoms with Gasteiger partial charge in [0.1, 0.15) is 6.10 Å². The fourth-order valence-corrected chi connectivity index (χ4v) is 2.68. The molecule has 7 heteroatoms. The number of ether oxygens (including phenoxy) is 1. The number of nitrogens with two attached hydrogens (primary N) is 1. The van der Waals surface area contributed by atoms with Crippen molar-refractivity contribution in [2.45, 2.75) is 20.0 Å². The van der Waals surface area contributed by atoms with Crippen molar-refractivity contribution in [1.82, 2.24) is 9.97 Å². The summed E-state index contributed by atoms with van der Waals surface area (Å²) < 4.78 is 5.88. The van der Waals surface area contributed by atoms with Crippen LogP contribution in [0.4, 0.5) is 11.5 Å². The summed E-state index contributed by atoms with van der Waals surface area (Å²) in [6.07, 6.45) is 4.38. The van der Waals surface area contributed by atoms with Crippen molar-refractivity contribution in [2.24, 2.45) is 0 Å². The van der Waals surface area contributed by atoms with Gasteiger partial charge in [-0.15, -0.1) is 0 Å². The molecule has 0 saturated carbocycles. The lowest BCUT2D eigenvalue weighted by Crippen LogP contribution is -2.13. The summed E-state index contributed by atoms with van der Waals surface area (Å²) in [6.45, 7) is 3.77. The topological polar surface area (TPSA) is 90.1 Å². The first-order valence-electron chi connectivity index (χ1n) is 8.33. The van der Waals surface area contributed by atoms with Gasteiger partial charge in [0.25, 0.3) is 5.91 Å². The van der Waals surface area contributed by atoms with Crippen LogP contribution in [-0.2, 0) is 0 Å². The van der Waals surface area contributed by atoms with Gasteiger partial charge < -0.3 is 15.8 Å². The molecule has 27 heavy (non-hydrogen) atoms. The molecule has 0 aliphatic carbocycles. The number of nitrogen functional groups attached to an aromatic ring is 1. The molecule has 2 aromatic heterocycles. The van der Waals surface area contributed by atoms with E-state index in [-0.39, 0.29) is 17.8 Å². The maximum atomic E-state index is 12.4. The Labute approximate surface area is 162 Å². The number of hydrogen-bond acceptors (Lipinski definition) is 5. The molecule has 1 unspecified atom stereocenters. The summed E-state index contributed by atoms with van der Waals surface area (Å²) in [5, 5.41) is 3.32. The summed E-state index contributed by atoms with van der Waals surface area (Å²) in [5.74, 6) is 0.457. The standard InChI is InChI=1S/C20H19ClN4O2/c1-12-6-15(10-23-9-12)20(26)25-17-5-3-4-14(7-17)13(2)27-18-8-16(21)11-24-19(18)22/h3-11,13H,1-2H3,(H2,22,24)(H,25,26). The highest BCUT2D eigenvalue weighted by atomic mass is 35.5. The molecule has 3 rings (SSSR count). The van der Waals surface area contributed by atoms with Gasteiger partial charge in [-0.25, -0.2) is 4.98 Å². The molecule has 2 heterocycles. The van der Waals surface area contributed by atoms with Crippen molar-refractivity contribution in [3.05, 3.63) is 76.7 Å². The molecule has 6 nitrogen and oxygen atoms in total. The Hall–Kier alpha value is -3.12. The lowest BCUT2D eigenvalue weighted by atomic mass is 10.1. The van der Waals surface area contributed by atoms with Gasteiger partial charge in [-0.05, 0) is 43.2 Å². The van der Waals surface area contributed by atoms with Gasteiger partial charge >= 0.3 is 0 Å². The van der Waals surface area contributed by atoms with Gasteiger partial charge in [0, 0.05) is 30.3 Å². The number of pyridine rings is 2. The zero-order chi connectivity index (χ0) is 19.4. The van der Waals surface area contributed by atoms with Crippen molar-refractivity contribution in [3.63, 3.8) is 0 Å². The van der Waals surface area contributed by atoms with E-state index in [0.717, 1.165) is 11.1 Å². The molecule has 1 aromatic carbocycles. The molecule has 0 aliphatic heterocycles. The van der Waals surface area contributed by atoms with Crippen molar-refractivity contribution < 1.29 is 9.53 Å². The highest BCUT2D eigenvalue weighted by Crippen LogP contribution is 2.29. The van der Waals surface area contributed by atoms with E-state index in [9.17, 15) is 4.79 Å². The molecule has 3 N–H and O–H groups in total. The third-order valence-electron chi connectivity index (χ3n) is 3.90. The highest BCUT2D eigenvalue weighted by molar-refractivity contribution is 6.30. The van der Waals surface area contributed by atoms with Crippen LogP contribution in [-0.4, -0.2) is 15.9 Å². The lowest BCUT2D eigenvalue weighted by molar-refractivity contribution is 0.102. The van der Waals surface area contributed by atoms with Gasteiger partial charge in [0.05, 0.1) is 10.6 Å². The van der Waals surface area contributed by atoms with Crippen LogP contribution >= 0.6 is 11.6 Å². The number of aromatic nitrogens is 2. The Morgan fingerprint density at radius 3 is 2.81 bits per heavy atom. The zero-order valence-corrected chi connectivity index (χ0v) is 15.7. The predicted molar refractivity (Wildman–Crippen MR) is 106 cm³/mol. The molecular weight excluding hydrogens is 364 g/mol. The van der Waals surface area contributed by atoms with Crippen LogP contribution in [0.25, 0.3) is 0 Å². The molecule has 0 fully saturated rings. The molecule has 138 valence electrons. The molecule has 0 bridgehead atoms. The molecular formula is C20H19ClN4O2. The summed E-state index contributed by atoms with van der Waals surface area (Å²) in [5.41, 5.74) is 8.78. The molecule has 3 aromatic rings. The smallest absolute Gasteiger partial charge is 0.257 e. The van der Waals surface area contributed by atoms with Gasteiger partial charge in [0.2, 0.25) is 0 Å². The van der Waals surface area contributed by atoms with Crippen LogP contribution in [0.3, 0.4) is 0 Å². The van der Waals surface area contributed by atoms with E-state index < -0.39 is 0 Å².